The van der Waals surface area contributed by atoms with Crippen molar-refractivity contribution in [2.45, 2.75) is 59.8 Å². The Kier molecular flexibility index (Phi) is 7.38. The zero-order chi connectivity index (χ0) is 20.8. The Hall–Kier alpha value is -2.62. The maximum absolute atomic E-state index is 12.7. The molecule has 2 amide bonds. The van der Waals surface area contributed by atoms with Crippen LogP contribution in [0.2, 0.25) is 0 Å². The largest absolute Gasteiger partial charge is 0.326 e. The highest BCUT2D eigenvalue weighted by atomic mass is 16.2. The van der Waals surface area contributed by atoms with Gasteiger partial charge in [0, 0.05) is 31.3 Å². The lowest BCUT2D eigenvalue weighted by molar-refractivity contribution is -0.117. The first-order valence-electron chi connectivity index (χ1n) is 9.98. The minimum atomic E-state index is -0.0756. The Morgan fingerprint density at radius 3 is 1.93 bits per heavy atom. The van der Waals surface area contributed by atoms with E-state index in [0.717, 1.165) is 28.1 Å². The van der Waals surface area contributed by atoms with E-state index in [1.165, 1.54) is 6.92 Å². The Morgan fingerprint density at radius 2 is 1.46 bits per heavy atom. The van der Waals surface area contributed by atoms with Crippen molar-refractivity contribution >= 4 is 23.2 Å². The van der Waals surface area contributed by atoms with Crippen LogP contribution in [0.15, 0.2) is 42.5 Å². The first-order chi connectivity index (χ1) is 13.2. The lowest BCUT2D eigenvalue weighted by Crippen LogP contribution is -2.32. The normalized spacial score (nSPS) is 11.0. The smallest absolute Gasteiger partial charge is 0.226 e. The van der Waals surface area contributed by atoms with Gasteiger partial charge in [-0.15, -0.1) is 0 Å². The molecule has 0 spiro atoms. The predicted octanol–water partition coefficient (Wildman–Crippen LogP) is 5.62. The van der Waals surface area contributed by atoms with Crippen molar-refractivity contribution < 1.29 is 9.59 Å². The lowest BCUT2D eigenvalue weighted by atomic mass is 9.92. The van der Waals surface area contributed by atoms with E-state index in [1.807, 2.05) is 31.2 Å². The third-order valence-corrected chi connectivity index (χ3v) is 4.93. The number of hydrogen-bond donors (Lipinski definition) is 1. The molecule has 0 aliphatic carbocycles. The molecule has 1 N–H and O–H groups in total. The molecule has 0 saturated carbocycles. The van der Waals surface area contributed by atoms with Gasteiger partial charge in [0.2, 0.25) is 11.8 Å². The summed E-state index contributed by atoms with van der Waals surface area (Å²) in [5.74, 6) is 0.487. The van der Waals surface area contributed by atoms with Gasteiger partial charge in [-0.05, 0) is 42.0 Å². The van der Waals surface area contributed by atoms with Crippen molar-refractivity contribution in [1.29, 1.82) is 0 Å². The number of carbonyl (C=O) groups is 2. The van der Waals surface area contributed by atoms with E-state index in [4.69, 9.17) is 0 Å². The van der Waals surface area contributed by atoms with Gasteiger partial charge >= 0.3 is 0 Å². The Balaban J connectivity index is 2.15. The number of hydrogen-bond acceptors (Lipinski definition) is 2. The number of rotatable bonds is 7. The maximum atomic E-state index is 12.7. The number of para-hydroxylation sites is 1. The van der Waals surface area contributed by atoms with Crippen molar-refractivity contribution in [1.82, 2.24) is 0 Å². The molecule has 0 unspecified atom stereocenters. The topological polar surface area (TPSA) is 49.4 Å². The molecule has 0 aromatic heterocycles. The molecule has 4 heteroatoms. The molecule has 2 aromatic carbocycles. The molecule has 0 bridgehead atoms. The average molecular weight is 381 g/mol. The second-order valence-electron chi connectivity index (χ2n) is 7.93. The Morgan fingerprint density at radius 1 is 0.929 bits per heavy atom. The summed E-state index contributed by atoms with van der Waals surface area (Å²) >= 11 is 0. The second-order valence-corrected chi connectivity index (χ2v) is 7.93. The summed E-state index contributed by atoms with van der Waals surface area (Å²) in [5.41, 5.74) is 5.15. The van der Waals surface area contributed by atoms with E-state index < -0.39 is 0 Å². The van der Waals surface area contributed by atoms with Crippen LogP contribution in [0.5, 0.6) is 0 Å². The average Bonchev–Trinajstić information content (AvgIpc) is 2.62. The molecule has 4 nitrogen and oxygen atoms in total. The Bertz CT molecular complexity index is 797. The van der Waals surface area contributed by atoms with Crippen LogP contribution >= 0.6 is 0 Å². The van der Waals surface area contributed by atoms with Gasteiger partial charge in [0.25, 0.3) is 0 Å². The molecule has 2 rings (SSSR count). The molecular formula is C24H32N2O2. The van der Waals surface area contributed by atoms with Crippen LogP contribution in [-0.4, -0.2) is 18.4 Å². The SMILES string of the molecule is CC(=O)N(CCC(=O)Nc1c(C(C)C)cccc1C(C)C)c1ccc(C)cc1. The van der Waals surface area contributed by atoms with Gasteiger partial charge in [-0.3, -0.25) is 9.59 Å². The van der Waals surface area contributed by atoms with Crippen LogP contribution in [-0.2, 0) is 9.59 Å². The van der Waals surface area contributed by atoms with Crippen LogP contribution in [0.25, 0.3) is 0 Å². The minimum Gasteiger partial charge on any atom is -0.326 e. The first-order valence-corrected chi connectivity index (χ1v) is 9.98. The van der Waals surface area contributed by atoms with E-state index in [-0.39, 0.29) is 18.2 Å². The number of benzene rings is 2. The number of nitrogens with one attached hydrogen (secondary N) is 1. The van der Waals surface area contributed by atoms with Gasteiger partial charge in [0.15, 0.2) is 0 Å². The van der Waals surface area contributed by atoms with E-state index in [2.05, 4.69) is 51.2 Å². The quantitative estimate of drug-likeness (QED) is 0.677. The maximum Gasteiger partial charge on any atom is 0.226 e. The standard InChI is InChI=1S/C24H32N2O2/c1-16(2)21-8-7-9-22(17(3)4)24(21)25-23(28)14-15-26(19(6)27)20-12-10-18(5)11-13-20/h7-13,16-17H,14-15H2,1-6H3,(H,25,28). The van der Waals surface area contributed by atoms with Crippen molar-refractivity contribution in [2.24, 2.45) is 0 Å². The summed E-state index contributed by atoms with van der Waals surface area (Å²) in [7, 11) is 0. The van der Waals surface area contributed by atoms with Crippen LogP contribution < -0.4 is 10.2 Å². The zero-order valence-electron chi connectivity index (χ0n) is 17.9. The van der Waals surface area contributed by atoms with Crippen molar-refractivity contribution in [3.63, 3.8) is 0 Å². The lowest BCUT2D eigenvalue weighted by Gasteiger charge is -2.23. The number of amides is 2. The van der Waals surface area contributed by atoms with E-state index in [1.54, 1.807) is 4.90 Å². The molecule has 2 aromatic rings. The summed E-state index contributed by atoms with van der Waals surface area (Å²) in [6, 6.07) is 14.0. The third kappa shape index (κ3) is 5.44. The molecule has 0 atom stereocenters. The Labute approximate surface area is 169 Å². The van der Waals surface area contributed by atoms with Crippen LogP contribution in [0.4, 0.5) is 11.4 Å². The first kappa shape index (κ1) is 21.7. The third-order valence-electron chi connectivity index (χ3n) is 4.93. The van der Waals surface area contributed by atoms with Crippen molar-refractivity contribution in [2.75, 3.05) is 16.8 Å². The van der Waals surface area contributed by atoms with Gasteiger partial charge < -0.3 is 10.2 Å². The zero-order valence-corrected chi connectivity index (χ0v) is 17.9. The predicted molar refractivity (Wildman–Crippen MR) is 117 cm³/mol. The van der Waals surface area contributed by atoms with Gasteiger partial charge in [0.05, 0.1) is 0 Å². The fourth-order valence-electron chi connectivity index (χ4n) is 3.30. The summed E-state index contributed by atoms with van der Waals surface area (Å²) in [6.45, 7) is 12.4. The summed E-state index contributed by atoms with van der Waals surface area (Å²) in [6.07, 6.45) is 0.247. The monoisotopic (exact) mass is 380 g/mol. The second kappa shape index (κ2) is 9.54. The highest BCUT2D eigenvalue weighted by molar-refractivity contribution is 5.95. The molecular weight excluding hydrogens is 348 g/mol. The number of nitrogens with zero attached hydrogens (tertiary/aromatic N) is 1. The molecule has 150 valence electrons. The molecule has 0 radical (unpaired) electrons. The van der Waals surface area contributed by atoms with Crippen LogP contribution in [0.3, 0.4) is 0 Å². The van der Waals surface area contributed by atoms with E-state index >= 15 is 0 Å². The molecule has 0 heterocycles. The van der Waals surface area contributed by atoms with E-state index in [0.29, 0.717) is 18.4 Å². The van der Waals surface area contributed by atoms with Gasteiger partial charge in [-0.25, -0.2) is 0 Å². The van der Waals surface area contributed by atoms with Crippen molar-refractivity contribution in [3.8, 4) is 0 Å². The molecule has 0 aliphatic heterocycles. The van der Waals surface area contributed by atoms with Crippen molar-refractivity contribution in [3.05, 3.63) is 59.2 Å². The molecule has 28 heavy (non-hydrogen) atoms. The summed E-state index contributed by atoms with van der Waals surface area (Å²) < 4.78 is 0. The fraction of sp³-hybridized carbons (Fsp3) is 0.417. The molecule has 0 aliphatic rings. The molecule has 0 fully saturated rings. The van der Waals surface area contributed by atoms with Gasteiger partial charge in [-0.1, -0.05) is 63.6 Å². The van der Waals surface area contributed by atoms with Gasteiger partial charge in [0.1, 0.15) is 0 Å². The minimum absolute atomic E-state index is 0.0675. The van der Waals surface area contributed by atoms with Crippen LogP contribution in [0, 0.1) is 6.92 Å². The number of aryl methyl sites for hydroxylation is 1. The van der Waals surface area contributed by atoms with E-state index in [9.17, 15) is 9.59 Å². The summed E-state index contributed by atoms with van der Waals surface area (Å²) in [4.78, 5) is 26.5. The fourth-order valence-corrected chi connectivity index (χ4v) is 3.30. The number of carbonyl (C=O) groups excluding carboxylic acids is 2. The van der Waals surface area contributed by atoms with Gasteiger partial charge in [-0.2, -0.15) is 0 Å². The van der Waals surface area contributed by atoms with Crippen LogP contribution in [0.1, 0.15) is 69.6 Å². The highest BCUT2D eigenvalue weighted by Gasteiger charge is 2.18. The number of anilines is 2. The summed E-state index contributed by atoms with van der Waals surface area (Å²) in [5, 5.41) is 3.12. The highest BCUT2D eigenvalue weighted by Crippen LogP contribution is 2.32. The molecule has 0 saturated heterocycles.